The summed E-state index contributed by atoms with van der Waals surface area (Å²) in [5.41, 5.74) is 1.19. The van der Waals surface area contributed by atoms with Crippen molar-refractivity contribution in [1.29, 1.82) is 5.26 Å². The van der Waals surface area contributed by atoms with Crippen molar-refractivity contribution in [3.05, 3.63) is 65.7 Å². The Morgan fingerprint density at radius 1 is 1.05 bits per heavy atom. The maximum Gasteiger partial charge on any atom is 0.131 e. The molecule has 4 heteroatoms. The number of rotatable bonds is 4. The Balaban J connectivity index is 2.24. The molecule has 0 aliphatic rings. The molecule has 0 heterocycles. The topological polar surface area (TPSA) is 27.0 Å². The van der Waals surface area contributed by atoms with E-state index in [1.54, 1.807) is 4.90 Å². The van der Waals surface area contributed by atoms with Crippen LogP contribution in [0.25, 0.3) is 0 Å². The zero-order valence-corrected chi connectivity index (χ0v) is 10.2. The van der Waals surface area contributed by atoms with Crippen LogP contribution in [0.2, 0.25) is 0 Å². The Morgan fingerprint density at radius 2 is 1.79 bits per heavy atom. The Labute approximate surface area is 110 Å². The normalized spacial score (nSPS) is 9.95. The summed E-state index contributed by atoms with van der Waals surface area (Å²) < 4.78 is 26.5. The number of hydrogen-bond acceptors (Lipinski definition) is 2. The van der Waals surface area contributed by atoms with Crippen LogP contribution in [0.1, 0.15) is 5.56 Å². The predicted molar refractivity (Wildman–Crippen MR) is 69.5 cm³/mol. The molecule has 0 aliphatic heterocycles. The summed E-state index contributed by atoms with van der Waals surface area (Å²) in [6.07, 6.45) is 0. The first-order chi connectivity index (χ1) is 9.20. The standard InChI is InChI=1S/C15H12F2N2/c16-13-7-6-12(15(17)10-13)11-19(9-8-18)14-4-2-1-3-5-14/h1-7,10H,9,11H2. The first-order valence-corrected chi connectivity index (χ1v) is 5.81. The molecule has 19 heavy (non-hydrogen) atoms. The van der Waals surface area contributed by atoms with Crippen molar-refractivity contribution in [2.75, 3.05) is 11.4 Å². The van der Waals surface area contributed by atoms with Crippen molar-refractivity contribution in [3.8, 4) is 6.07 Å². The Hall–Kier alpha value is -2.41. The number of nitrogens with zero attached hydrogens (tertiary/aromatic N) is 2. The summed E-state index contributed by atoms with van der Waals surface area (Å²) in [4.78, 5) is 1.73. The highest BCUT2D eigenvalue weighted by atomic mass is 19.1. The average Bonchev–Trinajstić information content (AvgIpc) is 2.42. The van der Waals surface area contributed by atoms with Gasteiger partial charge in [-0.25, -0.2) is 8.78 Å². The van der Waals surface area contributed by atoms with Crippen molar-refractivity contribution in [3.63, 3.8) is 0 Å². The SMILES string of the molecule is N#CCN(Cc1ccc(F)cc1F)c1ccccc1. The van der Waals surface area contributed by atoms with Gasteiger partial charge in [0.25, 0.3) is 0 Å². The van der Waals surface area contributed by atoms with Crippen LogP contribution in [0, 0.1) is 23.0 Å². The summed E-state index contributed by atoms with van der Waals surface area (Å²) in [7, 11) is 0. The van der Waals surface area contributed by atoms with Crippen LogP contribution in [0.3, 0.4) is 0 Å². The van der Waals surface area contributed by atoms with E-state index in [9.17, 15) is 8.78 Å². The summed E-state index contributed by atoms with van der Waals surface area (Å²) in [6, 6.07) is 14.8. The minimum absolute atomic E-state index is 0.140. The summed E-state index contributed by atoms with van der Waals surface area (Å²) in [5, 5.41) is 8.84. The third-order valence-electron chi connectivity index (χ3n) is 2.76. The minimum atomic E-state index is -0.604. The molecule has 96 valence electrons. The zero-order valence-electron chi connectivity index (χ0n) is 10.2. The molecule has 0 fully saturated rings. The van der Waals surface area contributed by atoms with E-state index in [0.717, 1.165) is 11.8 Å². The van der Waals surface area contributed by atoms with Crippen molar-refractivity contribution < 1.29 is 8.78 Å². The third kappa shape index (κ3) is 3.29. The van der Waals surface area contributed by atoms with Crippen molar-refractivity contribution in [2.24, 2.45) is 0 Å². The van der Waals surface area contributed by atoms with Crippen LogP contribution in [-0.4, -0.2) is 6.54 Å². The molecule has 0 aromatic heterocycles. The average molecular weight is 258 g/mol. The van der Waals surface area contributed by atoms with Crippen molar-refractivity contribution >= 4 is 5.69 Å². The molecule has 0 unspecified atom stereocenters. The first-order valence-electron chi connectivity index (χ1n) is 5.81. The number of halogens is 2. The van der Waals surface area contributed by atoms with Crippen LogP contribution < -0.4 is 4.90 Å². The maximum absolute atomic E-state index is 13.6. The second kappa shape index (κ2) is 5.96. The lowest BCUT2D eigenvalue weighted by Crippen LogP contribution is -2.23. The fraction of sp³-hybridized carbons (Fsp3) is 0.133. The van der Waals surface area contributed by atoms with Crippen LogP contribution in [0.5, 0.6) is 0 Å². The molecule has 0 amide bonds. The lowest BCUT2D eigenvalue weighted by molar-refractivity contribution is 0.570. The molecule has 0 N–H and O–H groups in total. The number of nitriles is 1. The molecule has 0 bridgehead atoms. The lowest BCUT2D eigenvalue weighted by Gasteiger charge is -2.22. The third-order valence-corrected chi connectivity index (χ3v) is 2.76. The number of hydrogen-bond donors (Lipinski definition) is 0. The second-order valence-corrected chi connectivity index (χ2v) is 4.09. The number of benzene rings is 2. The van der Waals surface area contributed by atoms with Gasteiger partial charge in [-0.1, -0.05) is 24.3 Å². The van der Waals surface area contributed by atoms with Crippen molar-refractivity contribution in [1.82, 2.24) is 0 Å². The Kier molecular flexibility index (Phi) is 4.09. The molecule has 2 nitrogen and oxygen atoms in total. The van der Waals surface area contributed by atoms with E-state index in [1.807, 2.05) is 36.4 Å². The molecule has 0 radical (unpaired) electrons. The number of para-hydroxylation sites is 1. The van der Waals surface area contributed by atoms with E-state index in [-0.39, 0.29) is 13.1 Å². The molecule has 0 spiro atoms. The van der Waals surface area contributed by atoms with Gasteiger partial charge in [0.2, 0.25) is 0 Å². The largest absolute Gasteiger partial charge is 0.354 e. The Morgan fingerprint density at radius 3 is 2.42 bits per heavy atom. The molecule has 0 atom stereocenters. The maximum atomic E-state index is 13.6. The van der Waals surface area contributed by atoms with Crippen LogP contribution in [-0.2, 0) is 6.54 Å². The van der Waals surface area contributed by atoms with Gasteiger partial charge in [0.1, 0.15) is 18.2 Å². The second-order valence-electron chi connectivity index (χ2n) is 4.09. The van der Waals surface area contributed by atoms with Gasteiger partial charge in [-0.15, -0.1) is 0 Å². The van der Waals surface area contributed by atoms with Gasteiger partial charge in [-0.3, -0.25) is 0 Å². The van der Waals surface area contributed by atoms with Gasteiger partial charge in [0.05, 0.1) is 6.07 Å². The van der Waals surface area contributed by atoms with Crippen LogP contribution in [0.15, 0.2) is 48.5 Å². The molecule has 0 saturated heterocycles. The highest BCUT2D eigenvalue weighted by Gasteiger charge is 2.10. The molecule has 2 aromatic rings. The summed E-state index contributed by atoms with van der Waals surface area (Å²) in [5.74, 6) is -1.20. The minimum Gasteiger partial charge on any atom is -0.354 e. The molecular formula is C15H12F2N2. The quantitative estimate of drug-likeness (QED) is 0.785. The van der Waals surface area contributed by atoms with Crippen LogP contribution >= 0.6 is 0 Å². The van der Waals surface area contributed by atoms with E-state index in [2.05, 4.69) is 0 Å². The van der Waals surface area contributed by atoms with E-state index in [0.29, 0.717) is 5.56 Å². The zero-order chi connectivity index (χ0) is 13.7. The van der Waals surface area contributed by atoms with Gasteiger partial charge < -0.3 is 4.90 Å². The van der Waals surface area contributed by atoms with Crippen LogP contribution in [0.4, 0.5) is 14.5 Å². The lowest BCUT2D eigenvalue weighted by atomic mass is 10.1. The molecule has 0 saturated carbocycles. The van der Waals surface area contributed by atoms with E-state index in [4.69, 9.17) is 5.26 Å². The summed E-state index contributed by atoms with van der Waals surface area (Å²) in [6.45, 7) is 0.366. The predicted octanol–water partition coefficient (Wildman–Crippen LogP) is 3.49. The first kappa shape index (κ1) is 13.0. The molecular weight excluding hydrogens is 246 g/mol. The fourth-order valence-electron chi connectivity index (χ4n) is 1.82. The van der Waals surface area contributed by atoms with Crippen molar-refractivity contribution in [2.45, 2.75) is 6.54 Å². The highest BCUT2D eigenvalue weighted by Crippen LogP contribution is 2.18. The molecule has 2 rings (SSSR count). The summed E-state index contributed by atoms with van der Waals surface area (Å²) >= 11 is 0. The molecule has 0 aliphatic carbocycles. The fourth-order valence-corrected chi connectivity index (χ4v) is 1.82. The van der Waals surface area contributed by atoms with Gasteiger partial charge in [-0.2, -0.15) is 5.26 Å². The van der Waals surface area contributed by atoms with E-state index in [1.165, 1.54) is 12.1 Å². The Bertz CT molecular complexity index is 591. The van der Waals surface area contributed by atoms with Gasteiger partial charge in [0, 0.05) is 23.9 Å². The van der Waals surface area contributed by atoms with Gasteiger partial charge in [-0.05, 0) is 18.2 Å². The monoisotopic (exact) mass is 258 g/mol. The van der Waals surface area contributed by atoms with E-state index >= 15 is 0 Å². The smallest absolute Gasteiger partial charge is 0.131 e. The highest BCUT2D eigenvalue weighted by molar-refractivity contribution is 5.47. The van der Waals surface area contributed by atoms with Gasteiger partial charge in [0.15, 0.2) is 0 Å². The van der Waals surface area contributed by atoms with E-state index < -0.39 is 11.6 Å². The molecule has 2 aromatic carbocycles. The van der Waals surface area contributed by atoms with Gasteiger partial charge >= 0.3 is 0 Å². The number of anilines is 1.